The second kappa shape index (κ2) is 3.29. The summed E-state index contributed by atoms with van der Waals surface area (Å²) in [5, 5.41) is 16.3. The van der Waals surface area contributed by atoms with Crippen molar-refractivity contribution in [2.45, 2.75) is 24.9 Å². The fourth-order valence-corrected chi connectivity index (χ4v) is 0.211. The number of aliphatic hydroxyl groups is 2. The van der Waals surface area contributed by atoms with Crippen LogP contribution >= 0.6 is 12.6 Å². The van der Waals surface area contributed by atoms with Crippen LogP contribution in [0.25, 0.3) is 0 Å². The van der Waals surface area contributed by atoms with Crippen molar-refractivity contribution in [3.8, 4) is 0 Å². The Morgan fingerprint density at radius 1 is 1.57 bits per heavy atom. The molecule has 0 aliphatic carbocycles. The van der Waals surface area contributed by atoms with Gasteiger partial charge in [0.1, 0.15) is 0 Å². The summed E-state index contributed by atoms with van der Waals surface area (Å²) in [6.45, 7) is 1.84. The molecule has 0 radical (unpaired) electrons. The first kappa shape index (κ1) is 7.27. The van der Waals surface area contributed by atoms with E-state index in [0.29, 0.717) is 6.42 Å². The number of aliphatic hydroxyl groups excluding tert-OH is 1. The van der Waals surface area contributed by atoms with Gasteiger partial charge in [0, 0.05) is 0 Å². The zero-order chi connectivity index (χ0) is 5.86. The third-order valence-electron chi connectivity index (χ3n) is 0.762. The van der Waals surface area contributed by atoms with Gasteiger partial charge >= 0.3 is 0 Å². The Morgan fingerprint density at radius 3 is 2.00 bits per heavy atom. The summed E-state index contributed by atoms with van der Waals surface area (Å²) < 4.78 is 0. The molecule has 3 heteroatoms. The number of hydrogen-bond donors (Lipinski definition) is 3. The molecular weight excluding hydrogens is 112 g/mol. The van der Waals surface area contributed by atoms with Gasteiger partial charge in [0.15, 0.2) is 6.29 Å². The van der Waals surface area contributed by atoms with E-state index in [4.69, 9.17) is 10.2 Å². The van der Waals surface area contributed by atoms with E-state index in [1.807, 2.05) is 6.92 Å². The SMILES string of the molecule is CCC(S)C(O)O. The maximum absolute atomic E-state index is 8.30. The smallest absolute Gasteiger partial charge is 0.163 e. The zero-order valence-electron chi connectivity index (χ0n) is 4.20. The van der Waals surface area contributed by atoms with Gasteiger partial charge in [-0.25, -0.2) is 0 Å². The van der Waals surface area contributed by atoms with Crippen LogP contribution in [0.4, 0.5) is 0 Å². The summed E-state index contributed by atoms with van der Waals surface area (Å²) in [6.07, 6.45) is -0.589. The molecule has 7 heavy (non-hydrogen) atoms. The third kappa shape index (κ3) is 2.91. The molecule has 0 aliphatic heterocycles. The normalized spacial score (nSPS) is 15.0. The lowest BCUT2D eigenvalue weighted by Gasteiger charge is -2.07. The minimum atomic E-state index is -1.27. The summed E-state index contributed by atoms with van der Waals surface area (Å²) in [6, 6.07) is 0. The predicted molar refractivity (Wildman–Crippen MR) is 31.3 cm³/mol. The highest BCUT2D eigenvalue weighted by atomic mass is 32.1. The summed E-state index contributed by atoms with van der Waals surface area (Å²) in [5.41, 5.74) is 0. The van der Waals surface area contributed by atoms with Crippen LogP contribution in [0.2, 0.25) is 0 Å². The van der Waals surface area contributed by atoms with E-state index in [0.717, 1.165) is 0 Å². The Balaban J connectivity index is 3.14. The van der Waals surface area contributed by atoms with Crippen molar-refractivity contribution in [3.05, 3.63) is 0 Å². The Hall–Kier alpha value is 0.270. The van der Waals surface area contributed by atoms with Crippen molar-refractivity contribution in [2.24, 2.45) is 0 Å². The van der Waals surface area contributed by atoms with Gasteiger partial charge in [0.2, 0.25) is 0 Å². The fraction of sp³-hybridized carbons (Fsp3) is 1.00. The van der Waals surface area contributed by atoms with E-state index >= 15 is 0 Å². The number of rotatable bonds is 2. The molecule has 44 valence electrons. The van der Waals surface area contributed by atoms with Gasteiger partial charge in [-0.2, -0.15) is 12.6 Å². The van der Waals surface area contributed by atoms with Crippen LogP contribution in [-0.4, -0.2) is 21.8 Å². The van der Waals surface area contributed by atoms with Crippen molar-refractivity contribution < 1.29 is 10.2 Å². The molecular formula is C4H10O2S. The van der Waals surface area contributed by atoms with Crippen molar-refractivity contribution >= 4 is 12.6 Å². The van der Waals surface area contributed by atoms with Crippen LogP contribution in [0, 0.1) is 0 Å². The van der Waals surface area contributed by atoms with Crippen LogP contribution in [-0.2, 0) is 0 Å². The molecule has 2 N–H and O–H groups in total. The number of thiol groups is 1. The van der Waals surface area contributed by atoms with Gasteiger partial charge in [-0.3, -0.25) is 0 Å². The van der Waals surface area contributed by atoms with E-state index in [-0.39, 0.29) is 5.25 Å². The maximum Gasteiger partial charge on any atom is 0.163 e. The molecule has 2 nitrogen and oxygen atoms in total. The van der Waals surface area contributed by atoms with Crippen LogP contribution in [0.5, 0.6) is 0 Å². The molecule has 1 atom stereocenters. The molecule has 0 heterocycles. The van der Waals surface area contributed by atoms with Crippen molar-refractivity contribution in [3.63, 3.8) is 0 Å². The number of hydrogen-bond acceptors (Lipinski definition) is 3. The topological polar surface area (TPSA) is 40.5 Å². The quantitative estimate of drug-likeness (QED) is 0.356. The van der Waals surface area contributed by atoms with Crippen LogP contribution < -0.4 is 0 Å². The van der Waals surface area contributed by atoms with E-state index < -0.39 is 6.29 Å². The highest BCUT2D eigenvalue weighted by molar-refractivity contribution is 7.81. The van der Waals surface area contributed by atoms with Crippen LogP contribution in [0.15, 0.2) is 0 Å². The molecule has 0 aliphatic rings. The molecule has 0 fully saturated rings. The van der Waals surface area contributed by atoms with Crippen molar-refractivity contribution in [1.82, 2.24) is 0 Å². The van der Waals surface area contributed by atoms with E-state index in [2.05, 4.69) is 12.6 Å². The lowest BCUT2D eigenvalue weighted by molar-refractivity contribution is -0.0399. The predicted octanol–water partition coefficient (Wildman–Crippen LogP) is 0.00550. The van der Waals surface area contributed by atoms with E-state index in [1.165, 1.54) is 0 Å². The maximum atomic E-state index is 8.30. The first-order valence-electron chi connectivity index (χ1n) is 2.22. The molecule has 0 amide bonds. The van der Waals surface area contributed by atoms with E-state index in [9.17, 15) is 0 Å². The molecule has 0 saturated heterocycles. The lowest BCUT2D eigenvalue weighted by atomic mass is 10.3. The minimum Gasteiger partial charge on any atom is -0.367 e. The van der Waals surface area contributed by atoms with Gasteiger partial charge in [0.05, 0.1) is 5.25 Å². The molecule has 0 aromatic heterocycles. The molecule has 0 saturated carbocycles. The molecule has 0 bridgehead atoms. The average Bonchev–Trinajstić information content (AvgIpc) is 1.65. The van der Waals surface area contributed by atoms with Gasteiger partial charge < -0.3 is 10.2 Å². The molecule has 0 aromatic carbocycles. The largest absolute Gasteiger partial charge is 0.367 e. The lowest BCUT2D eigenvalue weighted by Crippen LogP contribution is -2.18. The molecule has 1 unspecified atom stereocenters. The summed E-state index contributed by atoms with van der Waals surface area (Å²) in [7, 11) is 0. The standard InChI is InChI=1S/C4H10O2S/c1-2-3(7)4(5)6/h3-7H,2H2,1H3. The average molecular weight is 122 g/mol. The second-order valence-corrected chi connectivity index (χ2v) is 2.05. The Kier molecular flexibility index (Phi) is 3.42. The van der Waals surface area contributed by atoms with Gasteiger partial charge in [-0.05, 0) is 6.42 Å². The third-order valence-corrected chi connectivity index (χ3v) is 1.39. The van der Waals surface area contributed by atoms with Crippen molar-refractivity contribution in [2.75, 3.05) is 0 Å². The van der Waals surface area contributed by atoms with Gasteiger partial charge in [0.25, 0.3) is 0 Å². The highest BCUT2D eigenvalue weighted by Gasteiger charge is 2.06. The first-order chi connectivity index (χ1) is 3.18. The molecule has 0 rings (SSSR count). The summed E-state index contributed by atoms with van der Waals surface area (Å²) >= 11 is 3.82. The first-order valence-corrected chi connectivity index (χ1v) is 2.74. The summed E-state index contributed by atoms with van der Waals surface area (Å²) in [4.78, 5) is 0. The zero-order valence-corrected chi connectivity index (χ0v) is 5.10. The monoisotopic (exact) mass is 122 g/mol. The van der Waals surface area contributed by atoms with Gasteiger partial charge in [-0.1, -0.05) is 6.92 Å². The molecule has 0 aromatic rings. The fourth-order valence-electron chi connectivity index (χ4n) is 0.211. The van der Waals surface area contributed by atoms with Crippen LogP contribution in [0.3, 0.4) is 0 Å². The molecule has 0 spiro atoms. The Morgan fingerprint density at radius 2 is 2.00 bits per heavy atom. The second-order valence-electron chi connectivity index (χ2n) is 1.39. The Labute approximate surface area is 48.6 Å². The van der Waals surface area contributed by atoms with Crippen molar-refractivity contribution in [1.29, 1.82) is 0 Å². The Bertz CT molecular complexity index is 47.0. The van der Waals surface area contributed by atoms with Crippen LogP contribution in [0.1, 0.15) is 13.3 Å². The van der Waals surface area contributed by atoms with E-state index in [1.54, 1.807) is 0 Å². The summed E-state index contributed by atoms with van der Waals surface area (Å²) in [5.74, 6) is 0. The minimum absolute atomic E-state index is 0.292. The highest BCUT2D eigenvalue weighted by Crippen LogP contribution is 2.02. The van der Waals surface area contributed by atoms with Gasteiger partial charge in [-0.15, -0.1) is 0 Å².